The van der Waals surface area contributed by atoms with Crippen molar-refractivity contribution >= 4 is 22.9 Å². The second-order valence-corrected chi connectivity index (χ2v) is 7.65. The van der Waals surface area contributed by atoms with Crippen LogP contribution in [0.5, 0.6) is 0 Å². The van der Waals surface area contributed by atoms with Crippen molar-refractivity contribution < 1.29 is 14.0 Å². The highest BCUT2D eigenvalue weighted by Gasteiger charge is 2.36. The number of amides is 2. The molecule has 7 nitrogen and oxygen atoms in total. The summed E-state index contributed by atoms with van der Waals surface area (Å²) in [6.07, 6.45) is 0.547. The summed E-state index contributed by atoms with van der Waals surface area (Å²) in [5.41, 5.74) is 10.3. The van der Waals surface area contributed by atoms with E-state index in [9.17, 15) is 14.4 Å². The molecular formula is C24H19N3O4. The monoisotopic (exact) mass is 413 g/mol. The Kier molecular flexibility index (Phi) is 4.43. The molecular weight excluding hydrogens is 394 g/mol. The molecule has 1 aromatic heterocycles. The normalized spacial score (nSPS) is 15.4. The summed E-state index contributed by atoms with van der Waals surface area (Å²) >= 11 is 0. The van der Waals surface area contributed by atoms with Gasteiger partial charge in [0.2, 0.25) is 5.91 Å². The molecule has 2 amide bonds. The van der Waals surface area contributed by atoms with Gasteiger partial charge < -0.3 is 15.1 Å². The fourth-order valence-electron chi connectivity index (χ4n) is 4.21. The molecule has 0 saturated heterocycles. The van der Waals surface area contributed by atoms with Gasteiger partial charge in [-0.1, -0.05) is 36.4 Å². The Labute approximate surface area is 177 Å². The number of nitrogens with two attached hydrogens (primary N) is 1. The summed E-state index contributed by atoms with van der Waals surface area (Å²) in [5.74, 6) is -1.05. The molecule has 4 aromatic rings. The van der Waals surface area contributed by atoms with Crippen molar-refractivity contribution in [2.45, 2.75) is 19.0 Å². The standard InChI is InChI=1S/C24H19N3O4/c25-22(28)16-5-3-4-14(10-16)11-20-17-6-1-2-7-18(17)23(29)27(20)13-15-8-9-19-21(12-15)31-24(30)26-19/h1-10,12,20H,11,13H2,(H2,25,28)(H,26,30). The molecule has 0 saturated carbocycles. The largest absolute Gasteiger partial charge is 0.417 e. The number of hydrogen-bond donors (Lipinski definition) is 2. The van der Waals surface area contributed by atoms with Gasteiger partial charge in [-0.05, 0) is 53.4 Å². The number of rotatable bonds is 5. The molecule has 31 heavy (non-hydrogen) atoms. The Morgan fingerprint density at radius 3 is 2.68 bits per heavy atom. The molecule has 0 spiro atoms. The second-order valence-electron chi connectivity index (χ2n) is 7.65. The van der Waals surface area contributed by atoms with E-state index in [0.717, 1.165) is 16.7 Å². The zero-order valence-corrected chi connectivity index (χ0v) is 16.5. The van der Waals surface area contributed by atoms with Gasteiger partial charge >= 0.3 is 5.76 Å². The fourth-order valence-corrected chi connectivity index (χ4v) is 4.21. The molecule has 0 radical (unpaired) electrons. The van der Waals surface area contributed by atoms with E-state index in [2.05, 4.69) is 4.98 Å². The second kappa shape index (κ2) is 7.28. The molecule has 3 N–H and O–H groups in total. The lowest BCUT2D eigenvalue weighted by atomic mass is 9.97. The molecule has 0 fully saturated rings. The van der Waals surface area contributed by atoms with Gasteiger partial charge in [0.15, 0.2) is 5.58 Å². The van der Waals surface area contributed by atoms with Crippen molar-refractivity contribution in [1.29, 1.82) is 0 Å². The van der Waals surface area contributed by atoms with Crippen LogP contribution >= 0.6 is 0 Å². The maximum absolute atomic E-state index is 13.2. The molecule has 7 heteroatoms. The summed E-state index contributed by atoms with van der Waals surface area (Å²) in [5, 5.41) is 0. The smallest absolute Gasteiger partial charge is 0.408 e. The summed E-state index contributed by atoms with van der Waals surface area (Å²) in [6, 6.07) is 20.0. The third kappa shape index (κ3) is 3.40. The first-order valence-electron chi connectivity index (χ1n) is 9.90. The topological polar surface area (TPSA) is 109 Å². The van der Waals surface area contributed by atoms with Crippen LogP contribution in [0.4, 0.5) is 0 Å². The van der Waals surface area contributed by atoms with Crippen LogP contribution in [0.1, 0.15) is 43.4 Å². The summed E-state index contributed by atoms with van der Waals surface area (Å²) in [7, 11) is 0. The highest BCUT2D eigenvalue weighted by atomic mass is 16.4. The lowest BCUT2D eigenvalue weighted by molar-refractivity contribution is 0.0709. The van der Waals surface area contributed by atoms with Crippen LogP contribution in [0.2, 0.25) is 0 Å². The van der Waals surface area contributed by atoms with Crippen LogP contribution < -0.4 is 11.5 Å². The highest BCUT2D eigenvalue weighted by molar-refractivity contribution is 5.99. The van der Waals surface area contributed by atoms with Gasteiger partial charge in [0, 0.05) is 17.7 Å². The molecule has 154 valence electrons. The minimum absolute atomic E-state index is 0.0534. The average Bonchev–Trinajstić information content (AvgIpc) is 3.26. The van der Waals surface area contributed by atoms with Gasteiger partial charge in [0.25, 0.3) is 5.91 Å². The highest BCUT2D eigenvalue weighted by Crippen LogP contribution is 2.37. The Morgan fingerprint density at radius 1 is 1.00 bits per heavy atom. The number of fused-ring (bicyclic) bond motifs is 2. The quantitative estimate of drug-likeness (QED) is 0.524. The van der Waals surface area contributed by atoms with Crippen molar-refractivity contribution in [2.75, 3.05) is 0 Å². The summed E-state index contributed by atoms with van der Waals surface area (Å²) in [6.45, 7) is 0.360. The number of primary amides is 1. The number of aromatic nitrogens is 1. The number of oxazole rings is 1. The summed E-state index contributed by atoms with van der Waals surface area (Å²) in [4.78, 5) is 40.7. The molecule has 1 unspecified atom stereocenters. The van der Waals surface area contributed by atoms with E-state index in [1.165, 1.54) is 0 Å². The molecule has 5 rings (SSSR count). The molecule has 1 aliphatic heterocycles. The van der Waals surface area contributed by atoms with Gasteiger partial charge in [-0.15, -0.1) is 0 Å². The fraction of sp³-hybridized carbons (Fsp3) is 0.125. The lowest BCUT2D eigenvalue weighted by Crippen LogP contribution is -2.29. The van der Waals surface area contributed by atoms with Crippen LogP contribution in [0.25, 0.3) is 11.1 Å². The van der Waals surface area contributed by atoms with Crippen molar-refractivity contribution in [3.8, 4) is 0 Å². The number of benzene rings is 3. The van der Waals surface area contributed by atoms with Gasteiger partial charge in [0.05, 0.1) is 11.6 Å². The zero-order chi connectivity index (χ0) is 21.5. The zero-order valence-electron chi connectivity index (χ0n) is 16.5. The first kappa shape index (κ1) is 18.9. The van der Waals surface area contributed by atoms with Crippen LogP contribution in [0, 0.1) is 0 Å². The Morgan fingerprint density at radius 2 is 1.84 bits per heavy atom. The Balaban J connectivity index is 1.51. The Bertz CT molecular complexity index is 1380. The first-order chi connectivity index (χ1) is 15.0. The third-order valence-electron chi connectivity index (χ3n) is 5.67. The summed E-state index contributed by atoms with van der Waals surface area (Å²) < 4.78 is 5.16. The van der Waals surface area contributed by atoms with Crippen molar-refractivity contribution in [2.24, 2.45) is 5.73 Å². The molecule has 1 atom stereocenters. The van der Waals surface area contributed by atoms with Crippen LogP contribution in [0.15, 0.2) is 75.9 Å². The van der Waals surface area contributed by atoms with Crippen LogP contribution in [-0.4, -0.2) is 21.7 Å². The van der Waals surface area contributed by atoms with Gasteiger partial charge in [-0.2, -0.15) is 0 Å². The van der Waals surface area contributed by atoms with E-state index in [0.29, 0.717) is 35.2 Å². The number of H-pyrrole nitrogens is 1. The van der Waals surface area contributed by atoms with Gasteiger partial charge in [-0.25, -0.2) is 4.79 Å². The maximum atomic E-state index is 13.2. The van der Waals surface area contributed by atoms with E-state index in [1.807, 2.05) is 41.3 Å². The minimum Gasteiger partial charge on any atom is -0.408 e. The minimum atomic E-state index is -0.510. The van der Waals surface area contributed by atoms with E-state index < -0.39 is 11.7 Å². The lowest BCUT2D eigenvalue weighted by Gasteiger charge is -2.26. The predicted octanol–water partition coefficient (Wildman–Crippen LogP) is 3.16. The van der Waals surface area contributed by atoms with Crippen LogP contribution in [0.3, 0.4) is 0 Å². The predicted molar refractivity (Wildman–Crippen MR) is 115 cm³/mol. The van der Waals surface area contributed by atoms with Crippen LogP contribution in [-0.2, 0) is 13.0 Å². The Hall–Kier alpha value is -4.13. The number of aromatic amines is 1. The maximum Gasteiger partial charge on any atom is 0.417 e. The number of carbonyl (C=O) groups is 2. The molecule has 0 aliphatic carbocycles. The molecule has 1 aliphatic rings. The number of nitrogens with zero attached hydrogens (tertiary/aromatic N) is 1. The molecule has 3 aromatic carbocycles. The average molecular weight is 413 g/mol. The van der Waals surface area contributed by atoms with E-state index in [4.69, 9.17) is 10.2 Å². The molecule has 0 bridgehead atoms. The van der Waals surface area contributed by atoms with Gasteiger partial charge in [0.1, 0.15) is 0 Å². The van der Waals surface area contributed by atoms with Crippen molar-refractivity contribution in [1.82, 2.24) is 9.88 Å². The third-order valence-corrected chi connectivity index (χ3v) is 5.67. The van der Waals surface area contributed by atoms with Crippen molar-refractivity contribution in [3.05, 3.63) is 105 Å². The number of nitrogens with one attached hydrogen (secondary N) is 1. The van der Waals surface area contributed by atoms with Gasteiger partial charge in [-0.3, -0.25) is 14.6 Å². The number of carbonyl (C=O) groups excluding carboxylic acids is 2. The first-order valence-corrected chi connectivity index (χ1v) is 9.90. The van der Waals surface area contributed by atoms with E-state index in [1.54, 1.807) is 30.3 Å². The van der Waals surface area contributed by atoms with Crippen molar-refractivity contribution in [3.63, 3.8) is 0 Å². The SMILES string of the molecule is NC(=O)c1cccc(CC2c3ccccc3C(=O)N2Cc2ccc3[nH]c(=O)oc3c2)c1. The van der Waals surface area contributed by atoms with E-state index in [-0.39, 0.29) is 11.9 Å². The number of hydrogen-bond acceptors (Lipinski definition) is 4. The molecule has 2 heterocycles. The van der Waals surface area contributed by atoms with E-state index >= 15 is 0 Å².